The molecule has 0 aliphatic carbocycles. The normalized spacial score (nSPS) is 12.0. The Kier molecular flexibility index (Phi) is 3.58. The molecule has 0 saturated carbocycles. The molecule has 0 fully saturated rings. The van der Waals surface area contributed by atoms with Crippen molar-refractivity contribution in [1.29, 1.82) is 0 Å². The van der Waals surface area contributed by atoms with E-state index in [-0.39, 0.29) is 11.5 Å². The Balaban J connectivity index is 1.88. The van der Waals surface area contributed by atoms with Gasteiger partial charge in [-0.05, 0) is 35.4 Å². The van der Waals surface area contributed by atoms with E-state index in [0.717, 1.165) is 16.3 Å². The van der Waals surface area contributed by atoms with E-state index in [4.69, 9.17) is 4.42 Å². The lowest BCUT2D eigenvalue weighted by Gasteiger charge is -2.06. The summed E-state index contributed by atoms with van der Waals surface area (Å²) < 4.78 is 5.30. The van der Waals surface area contributed by atoms with Crippen molar-refractivity contribution in [3.8, 4) is 0 Å². The topological polar surface area (TPSA) is 63.3 Å². The van der Waals surface area contributed by atoms with Gasteiger partial charge in [0.15, 0.2) is 11.3 Å². The highest BCUT2D eigenvalue weighted by Crippen LogP contribution is 2.24. The van der Waals surface area contributed by atoms with Crippen molar-refractivity contribution in [1.82, 2.24) is 4.98 Å². The van der Waals surface area contributed by atoms with Gasteiger partial charge in [0.2, 0.25) is 0 Å². The fraction of sp³-hybridized carbons (Fsp3) is 0.0476. The van der Waals surface area contributed by atoms with Crippen LogP contribution in [0.5, 0.6) is 0 Å². The third-order valence-electron chi connectivity index (χ3n) is 4.11. The van der Waals surface area contributed by atoms with Gasteiger partial charge in [0.05, 0.1) is 0 Å². The van der Waals surface area contributed by atoms with Gasteiger partial charge in [-0.3, -0.25) is 0 Å². The molecule has 0 radical (unpaired) electrons. The second-order valence-electron chi connectivity index (χ2n) is 5.91. The molecule has 4 nitrogen and oxygen atoms in total. The molecule has 1 heterocycles. The van der Waals surface area contributed by atoms with Crippen LogP contribution >= 0.6 is 0 Å². The Hall–Kier alpha value is -3.40. The molecule has 0 aliphatic heterocycles. The number of benzene rings is 3. The second-order valence-corrected chi connectivity index (χ2v) is 5.91. The van der Waals surface area contributed by atoms with Gasteiger partial charge in [0.25, 0.3) is 0 Å². The minimum atomic E-state index is -0.580. The fourth-order valence-corrected chi connectivity index (χ4v) is 2.88. The zero-order valence-electron chi connectivity index (χ0n) is 13.6. The highest BCUT2D eigenvalue weighted by atomic mass is 16.4. The summed E-state index contributed by atoms with van der Waals surface area (Å²) in [6.45, 7) is 1.94. The van der Waals surface area contributed by atoms with E-state index in [1.54, 1.807) is 12.1 Å². The standard InChI is InChI=1S/C21H15NO3/c1-13-9-10-20-17(11-13)22-18(21(24)25-20)12-19(23)16-8-4-6-14-5-2-3-7-15(14)16/h2-12,23H,1H3/b19-12-. The molecular formula is C21H15NO3. The summed E-state index contributed by atoms with van der Waals surface area (Å²) in [5, 5.41) is 12.5. The highest BCUT2D eigenvalue weighted by Gasteiger charge is 2.09. The number of hydrogen-bond donors (Lipinski definition) is 1. The molecule has 0 saturated heterocycles. The lowest BCUT2D eigenvalue weighted by molar-refractivity contribution is 0.514. The van der Waals surface area contributed by atoms with Crippen LogP contribution in [0.1, 0.15) is 16.8 Å². The molecule has 3 aromatic carbocycles. The lowest BCUT2D eigenvalue weighted by Crippen LogP contribution is -2.06. The highest BCUT2D eigenvalue weighted by molar-refractivity contribution is 5.95. The molecule has 4 heteroatoms. The van der Waals surface area contributed by atoms with Crippen molar-refractivity contribution in [2.75, 3.05) is 0 Å². The molecule has 4 aromatic rings. The molecule has 0 unspecified atom stereocenters. The number of hydrogen-bond acceptors (Lipinski definition) is 4. The number of fused-ring (bicyclic) bond motifs is 2. The number of nitrogens with zero attached hydrogens (tertiary/aromatic N) is 1. The van der Waals surface area contributed by atoms with Crippen molar-refractivity contribution in [3.05, 3.63) is 87.9 Å². The molecule has 1 aromatic heterocycles. The summed E-state index contributed by atoms with van der Waals surface area (Å²) in [4.78, 5) is 16.5. The van der Waals surface area contributed by atoms with Crippen LogP contribution < -0.4 is 5.63 Å². The van der Waals surface area contributed by atoms with Crippen LogP contribution in [0.2, 0.25) is 0 Å². The Morgan fingerprint density at radius 2 is 1.88 bits per heavy atom. The molecule has 0 amide bonds. The minimum absolute atomic E-state index is 0.0244. The van der Waals surface area contributed by atoms with Gasteiger partial charge in [-0.1, -0.05) is 48.5 Å². The zero-order valence-corrected chi connectivity index (χ0v) is 13.6. The second kappa shape index (κ2) is 5.91. The Bertz CT molecular complexity index is 1180. The molecule has 4 rings (SSSR count). The first kappa shape index (κ1) is 15.1. The molecular weight excluding hydrogens is 314 g/mol. The third kappa shape index (κ3) is 2.78. The monoisotopic (exact) mass is 329 g/mol. The fourth-order valence-electron chi connectivity index (χ4n) is 2.88. The predicted molar refractivity (Wildman–Crippen MR) is 99.5 cm³/mol. The maximum absolute atomic E-state index is 12.2. The van der Waals surface area contributed by atoms with Crippen LogP contribution in [0.25, 0.3) is 33.7 Å². The number of aliphatic hydroxyl groups is 1. The van der Waals surface area contributed by atoms with E-state index >= 15 is 0 Å². The first-order valence-corrected chi connectivity index (χ1v) is 7.92. The van der Waals surface area contributed by atoms with E-state index in [1.807, 2.05) is 55.5 Å². The van der Waals surface area contributed by atoms with E-state index in [0.29, 0.717) is 16.7 Å². The summed E-state index contributed by atoms with van der Waals surface area (Å²) in [6, 6.07) is 18.8. The van der Waals surface area contributed by atoms with Gasteiger partial charge in [-0.15, -0.1) is 0 Å². The lowest BCUT2D eigenvalue weighted by atomic mass is 10.0. The zero-order chi connectivity index (χ0) is 17.4. The summed E-state index contributed by atoms with van der Waals surface area (Å²) >= 11 is 0. The van der Waals surface area contributed by atoms with Crippen LogP contribution in [-0.4, -0.2) is 10.1 Å². The van der Waals surface area contributed by atoms with Gasteiger partial charge in [0.1, 0.15) is 11.3 Å². The largest absolute Gasteiger partial charge is 0.507 e. The Morgan fingerprint density at radius 3 is 2.76 bits per heavy atom. The van der Waals surface area contributed by atoms with E-state index in [2.05, 4.69) is 4.98 Å². The smallest absolute Gasteiger partial charge is 0.362 e. The molecule has 25 heavy (non-hydrogen) atoms. The van der Waals surface area contributed by atoms with Crippen LogP contribution in [-0.2, 0) is 0 Å². The van der Waals surface area contributed by atoms with Gasteiger partial charge in [-0.2, -0.15) is 0 Å². The first-order valence-electron chi connectivity index (χ1n) is 7.92. The molecule has 0 spiro atoms. The molecule has 0 atom stereocenters. The summed E-state index contributed by atoms with van der Waals surface area (Å²) in [7, 11) is 0. The average molecular weight is 329 g/mol. The molecule has 0 bridgehead atoms. The summed E-state index contributed by atoms with van der Waals surface area (Å²) in [5.41, 5.74) is 2.16. The molecule has 122 valence electrons. The third-order valence-corrected chi connectivity index (χ3v) is 4.11. The van der Waals surface area contributed by atoms with Gasteiger partial charge in [-0.25, -0.2) is 9.78 Å². The van der Waals surface area contributed by atoms with Crippen LogP contribution in [0.4, 0.5) is 0 Å². The Morgan fingerprint density at radius 1 is 1.08 bits per heavy atom. The summed E-state index contributed by atoms with van der Waals surface area (Å²) in [5.74, 6) is -0.0244. The molecule has 1 N–H and O–H groups in total. The van der Waals surface area contributed by atoms with Crippen molar-refractivity contribution in [2.24, 2.45) is 0 Å². The van der Waals surface area contributed by atoms with E-state index in [9.17, 15) is 9.90 Å². The number of rotatable bonds is 2. The van der Waals surface area contributed by atoms with Gasteiger partial charge < -0.3 is 9.52 Å². The van der Waals surface area contributed by atoms with Crippen molar-refractivity contribution < 1.29 is 9.52 Å². The van der Waals surface area contributed by atoms with Crippen LogP contribution in [0.3, 0.4) is 0 Å². The quantitative estimate of drug-likeness (QED) is 0.541. The number of aromatic nitrogens is 1. The maximum atomic E-state index is 12.2. The van der Waals surface area contributed by atoms with Crippen molar-refractivity contribution in [2.45, 2.75) is 6.92 Å². The van der Waals surface area contributed by atoms with Gasteiger partial charge >= 0.3 is 5.63 Å². The van der Waals surface area contributed by atoms with Crippen LogP contribution in [0.15, 0.2) is 69.9 Å². The number of aryl methyl sites for hydroxylation is 1. The SMILES string of the molecule is Cc1ccc2oc(=O)c(/C=C(\O)c3cccc4ccccc34)nc2c1. The van der Waals surface area contributed by atoms with Crippen molar-refractivity contribution in [3.63, 3.8) is 0 Å². The van der Waals surface area contributed by atoms with Gasteiger partial charge in [0, 0.05) is 11.6 Å². The van der Waals surface area contributed by atoms with E-state index < -0.39 is 5.63 Å². The van der Waals surface area contributed by atoms with Crippen LogP contribution in [0, 0.1) is 6.92 Å². The number of aliphatic hydroxyl groups excluding tert-OH is 1. The summed E-state index contributed by atoms with van der Waals surface area (Å²) in [6.07, 6.45) is 1.36. The van der Waals surface area contributed by atoms with E-state index in [1.165, 1.54) is 6.08 Å². The van der Waals surface area contributed by atoms with Crippen molar-refractivity contribution >= 4 is 33.7 Å². The maximum Gasteiger partial charge on any atom is 0.362 e. The molecule has 0 aliphatic rings. The first-order chi connectivity index (χ1) is 12.1. The Labute approximate surface area is 143 Å². The predicted octanol–water partition coefficient (Wildman–Crippen LogP) is 4.71. The minimum Gasteiger partial charge on any atom is -0.507 e. The average Bonchev–Trinajstić information content (AvgIpc) is 2.62.